The maximum absolute atomic E-state index is 11.5. The molecular weight excluding hydrogens is 206 g/mol. The summed E-state index contributed by atoms with van der Waals surface area (Å²) in [5, 5.41) is 14.2. The molecule has 0 aromatic rings. The second-order valence-electron chi connectivity index (χ2n) is 3.57. The molecule has 0 rings (SSSR count). The van der Waals surface area contributed by atoms with Gasteiger partial charge in [-0.25, -0.2) is 0 Å². The summed E-state index contributed by atoms with van der Waals surface area (Å²) < 4.78 is 4.83. The van der Waals surface area contributed by atoms with Crippen molar-refractivity contribution in [3.8, 4) is 6.07 Å². The predicted molar refractivity (Wildman–Crippen MR) is 61.8 cm³/mol. The zero-order valence-electron chi connectivity index (χ0n) is 10.1. The molecule has 2 N–H and O–H groups in total. The summed E-state index contributed by atoms with van der Waals surface area (Å²) in [6, 6.07) is 1.90. The van der Waals surface area contributed by atoms with Crippen molar-refractivity contribution in [2.45, 2.75) is 32.2 Å². The summed E-state index contributed by atoms with van der Waals surface area (Å²) in [5.41, 5.74) is 0. The summed E-state index contributed by atoms with van der Waals surface area (Å²) in [6.07, 6.45) is 2.38. The predicted octanol–water partition coefficient (Wildman–Crippen LogP) is 0.421. The Labute approximate surface area is 97.2 Å². The fourth-order valence-corrected chi connectivity index (χ4v) is 1.17. The first-order valence-corrected chi connectivity index (χ1v) is 5.59. The van der Waals surface area contributed by atoms with Crippen LogP contribution in [0.15, 0.2) is 0 Å². The number of carbonyl (C=O) groups is 1. The lowest BCUT2D eigenvalue weighted by Crippen LogP contribution is -2.43. The first-order chi connectivity index (χ1) is 7.72. The monoisotopic (exact) mass is 227 g/mol. The van der Waals surface area contributed by atoms with Crippen LogP contribution in [-0.2, 0) is 9.53 Å². The summed E-state index contributed by atoms with van der Waals surface area (Å²) in [4.78, 5) is 11.5. The van der Waals surface area contributed by atoms with Gasteiger partial charge in [-0.3, -0.25) is 4.79 Å². The minimum atomic E-state index is -0.195. The van der Waals surface area contributed by atoms with E-state index in [9.17, 15) is 4.79 Å². The van der Waals surface area contributed by atoms with Gasteiger partial charge >= 0.3 is 0 Å². The summed E-state index contributed by atoms with van der Waals surface area (Å²) in [7, 11) is 1.60. The molecule has 5 nitrogen and oxygen atoms in total. The molecule has 0 aromatic heterocycles. The fraction of sp³-hybridized carbons (Fsp3) is 0.818. The smallest absolute Gasteiger partial charge is 0.236 e. The molecule has 16 heavy (non-hydrogen) atoms. The number of nitriles is 1. The van der Waals surface area contributed by atoms with E-state index in [-0.39, 0.29) is 11.9 Å². The molecule has 0 aliphatic rings. The Balaban J connectivity index is 3.44. The molecule has 5 heteroatoms. The molecule has 92 valence electrons. The van der Waals surface area contributed by atoms with Gasteiger partial charge in [0, 0.05) is 20.1 Å². The van der Waals surface area contributed by atoms with Gasteiger partial charge in [-0.1, -0.05) is 0 Å². The molecule has 0 spiro atoms. The molecule has 0 aliphatic carbocycles. The number of nitrogens with one attached hydrogen (secondary N) is 2. The second-order valence-corrected chi connectivity index (χ2v) is 3.57. The number of methoxy groups -OCH3 is 1. The van der Waals surface area contributed by atoms with E-state index in [1.165, 1.54) is 0 Å². The van der Waals surface area contributed by atoms with E-state index >= 15 is 0 Å². The number of hydrogen-bond acceptors (Lipinski definition) is 4. The number of unbranched alkanes of at least 4 members (excludes halogenated alkanes) is 2. The van der Waals surface area contributed by atoms with Gasteiger partial charge in [0.15, 0.2) is 0 Å². The Hall–Kier alpha value is -1.12. The standard InChI is InChI=1S/C11H21N3O2/c1-10(11(15)14-8-9-16-2)13-7-5-3-4-6-12/h10,13H,3-5,7-9H2,1-2H3,(H,14,15). The average molecular weight is 227 g/mol. The summed E-state index contributed by atoms with van der Waals surface area (Å²) in [6.45, 7) is 3.66. The van der Waals surface area contributed by atoms with E-state index in [2.05, 4.69) is 16.7 Å². The number of carbonyl (C=O) groups excluding carboxylic acids is 1. The zero-order chi connectivity index (χ0) is 12.2. The number of hydrogen-bond donors (Lipinski definition) is 2. The van der Waals surface area contributed by atoms with Crippen LogP contribution in [-0.4, -0.2) is 38.8 Å². The number of ether oxygens (including phenoxy) is 1. The van der Waals surface area contributed by atoms with E-state index < -0.39 is 0 Å². The van der Waals surface area contributed by atoms with Crippen LogP contribution in [0.1, 0.15) is 26.2 Å². The first-order valence-electron chi connectivity index (χ1n) is 5.59. The topological polar surface area (TPSA) is 74.2 Å². The maximum Gasteiger partial charge on any atom is 0.236 e. The largest absolute Gasteiger partial charge is 0.383 e. The Morgan fingerprint density at radius 1 is 1.44 bits per heavy atom. The third-order valence-electron chi connectivity index (χ3n) is 2.16. The lowest BCUT2D eigenvalue weighted by atomic mass is 10.2. The van der Waals surface area contributed by atoms with Gasteiger partial charge in [0.1, 0.15) is 0 Å². The van der Waals surface area contributed by atoms with Crippen LogP contribution < -0.4 is 10.6 Å². The summed E-state index contributed by atoms with van der Waals surface area (Å²) >= 11 is 0. The molecule has 0 heterocycles. The van der Waals surface area contributed by atoms with Gasteiger partial charge in [-0.05, 0) is 26.3 Å². The molecule has 0 aliphatic heterocycles. The van der Waals surface area contributed by atoms with Crippen molar-refractivity contribution >= 4 is 5.91 Å². The molecule has 0 saturated carbocycles. The van der Waals surface area contributed by atoms with E-state index in [4.69, 9.17) is 10.00 Å². The molecule has 0 fully saturated rings. The van der Waals surface area contributed by atoms with Crippen molar-refractivity contribution in [1.29, 1.82) is 5.26 Å². The van der Waals surface area contributed by atoms with Gasteiger partial charge < -0.3 is 15.4 Å². The Morgan fingerprint density at radius 2 is 2.19 bits per heavy atom. The fourth-order valence-electron chi connectivity index (χ4n) is 1.17. The van der Waals surface area contributed by atoms with E-state index in [1.807, 2.05) is 6.92 Å². The van der Waals surface area contributed by atoms with E-state index in [0.29, 0.717) is 19.6 Å². The molecule has 0 bridgehead atoms. The molecule has 0 saturated heterocycles. The van der Waals surface area contributed by atoms with Gasteiger partial charge in [-0.15, -0.1) is 0 Å². The van der Waals surface area contributed by atoms with Crippen LogP contribution >= 0.6 is 0 Å². The van der Waals surface area contributed by atoms with Crippen LogP contribution in [0, 0.1) is 11.3 Å². The van der Waals surface area contributed by atoms with Gasteiger partial charge in [-0.2, -0.15) is 5.26 Å². The third-order valence-corrected chi connectivity index (χ3v) is 2.16. The lowest BCUT2D eigenvalue weighted by Gasteiger charge is -2.13. The van der Waals surface area contributed by atoms with E-state index in [0.717, 1.165) is 19.4 Å². The highest BCUT2D eigenvalue weighted by atomic mass is 16.5. The van der Waals surface area contributed by atoms with Crippen LogP contribution in [0.5, 0.6) is 0 Å². The number of amides is 1. The van der Waals surface area contributed by atoms with Gasteiger partial charge in [0.25, 0.3) is 0 Å². The highest BCUT2D eigenvalue weighted by molar-refractivity contribution is 5.81. The zero-order valence-corrected chi connectivity index (χ0v) is 10.1. The van der Waals surface area contributed by atoms with Crippen molar-refractivity contribution in [3.63, 3.8) is 0 Å². The molecule has 0 aromatic carbocycles. The van der Waals surface area contributed by atoms with Gasteiger partial charge in [0.05, 0.1) is 18.7 Å². The molecule has 0 radical (unpaired) electrons. The normalized spacial score (nSPS) is 11.8. The lowest BCUT2D eigenvalue weighted by molar-refractivity contribution is -0.122. The first kappa shape index (κ1) is 14.9. The number of nitrogens with zero attached hydrogens (tertiary/aromatic N) is 1. The number of rotatable bonds is 9. The SMILES string of the molecule is COCCNC(=O)C(C)NCCCCC#N. The molecular formula is C11H21N3O2. The average Bonchev–Trinajstić information content (AvgIpc) is 2.28. The third kappa shape index (κ3) is 8.21. The Bertz CT molecular complexity index is 226. The van der Waals surface area contributed by atoms with E-state index in [1.54, 1.807) is 7.11 Å². The van der Waals surface area contributed by atoms with Crippen LogP contribution in [0.4, 0.5) is 0 Å². The van der Waals surface area contributed by atoms with Crippen LogP contribution in [0.2, 0.25) is 0 Å². The second kappa shape index (κ2) is 10.4. The molecule has 1 atom stereocenters. The Kier molecular flexibility index (Phi) is 9.67. The summed E-state index contributed by atoms with van der Waals surface area (Å²) in [5.74, 6) is -0.0164. The van der Waals surface area contributed by atoms with Crippen molar-refractivity contribution in [2.75, 3.05) is 26.8 Å². The van der Waals surface area contributed by atoms with Crippen LogP contribution in [0.3, 0.4) is 0 Å². The van der Waals surface area contributed by atoms with Crippen LogP contribution in [0.25, 0.3) is 0 Å². The van der Waals surface area contributed by atoms with Crippen molar-refractivity contribution in [3.05, 3.63) is 0 Å². The quantitative estimate of drug-likeness (QED) is 0.560. The van der Waals surface area contributed by atoms with Crippen molar-refractivity contribution in [2.24, 2.45) is 0 Å². The minimum absolute atomic E-state index is 0.0164. The Morgan fingerprint density at radius 3 is 2.81 bits per heavy atom. The minimum Gasteiger partial charge on any atom is -0.383 e. The van der Waals surface area contributed by atoms with Gasteiger partial charge in [0.2, 0.25) is 5.91 Å². The van der Waals surface area contributed by atoms with Crippen molar-refractivity contribution in [1.82, 2.24) is 10.6 Å². The molecule has 1 unspecified atom stereocenters. The highest BCUT2D eigenvalue weighted by Gasteiger charge is 2.10. The highest BCUT2D eigenvalue weighted by Crippen LogP contribution is 1.92. The van der Waals surface area contributed by atoms with Crippen molar-refractivity contribution < 1.29 is 9.53 Å². The maximum atomic E-state index is 11.5. The molecule has 1 amide bonds.